The van der Waals surface area contributed by atoms with Crippen LogP contribution < -0.4 is 0 Å². The first-order valence-electron chi connectivity index (χ1n) is 16.2. The van der Waals surface area contributed by atoms with Gasteiger partial charge in [0.2, 0.25) is 5.89 Å². The molecule has 0 aliphatic carbocycles. The van der Waals surface area contributed by atoms with Gasteiger partial charge in [0.15, 0.2) is 23.1 Å². The number of fused-ring (bicyclic) bond motifs is 2. The zero-order chi connectivity index (χ0) is 32.6. The normalized spacial score (nSPS) is 11.3. The molecule has 0 aliphatic rings. The van der Waals surface area contributed by atoms with Crippen molar-refractivity contribution in [3.63, 3.8) is 0 Å². The van der Waals surface area contributed by atoms with Gasteiger partial charge in [-0.2, -0.15) is 0 Å². The van der Waals surface area contributed by atoms with Gasteiger partial charge < -0.3 is 4.42 Å². The van der Waals surface area contributed by atoms with Gasteiger partial charge in [-0.3, -0.25) is 0 Å². The molecule has 0 bridgehead atoms. The maximum atomic E-state index is 6.10. The van der Waals surface area contributed by atoms with Crippen LogP contribution in [0.5, 0.6) is 0 Å². The highest BCUT2D eigenvalue weighted by atomic mass is 16.3. The van der Waals surface area contributed by atoms with Crippen molar-refractivity contribution in [3.8, 4) is 67.9 Å². The second-order valence-electron chi connectivity index (χ2n) is 11.9. The Hall–Kier alpha value is -6.72. The second kappa shape index (κ2) is 12.1. The number of benzene rings is 7. The molecule has 230 valence electrons. The van der Waals surface area contributed by atoms with Gasteiger partial charge in [0.1, 0.15) is 5.52 Å². The van der Waals surface area contributed by atoms with Crippen LogP contribution in [0.1, 0.15) is 0 Å². The number of aromatic nitrogens is 4. The van der Waals surface area contributed by atoms with Crippen LogP contribution >= 0.6 is 0 Å². The summed E-state index contributed by atoms with van der Waals surface area (Å²) in [4.78, 5) is 19.9. The van der Waals surface area contributed by atoms with E-state index in [-0.39, 0.29) is 0 Å². The van der Waals surface area contributed by atoms with Crippen LogP contribution in [0.2, 0.25) is 0 Å². The van der Waals surface area contributed by atoms with Crippen molar-refractivity contribution >= 4 is 21.9 Å². The van der Waals surface area contributed by atoms with E-state index in [9.17, 15) is 0 Å². The van der Waals surface area contributed by atoms with Gasteiger partial charge in [-0.05, 0) is 63.4 Å². The minimum atomic E-state index is 0.613. The lowest BCUT2D eigenvalue weighted by atomic mass is 9.94. The van der Waals surface area contributed by atoms with E-state index < -0.39 is 0 Å². The molecule has 49 heavy (non-hydrogen) atoms. The summed E-state index contributed by atoms with van der Waals surface area (Å²) >= 11 is 0. The van der Waals surface area contributed by atoms with Gasteiger partial charge in [0.25, 0.3) is 0 Å². The minimum Gasteiger partial charge on any atom is -0.436 e. The molecule has 5 heteroatoms. The summed E-state index contributed by atoms with van der Waals surface area (Å²) in [5.74, 6) is 2.50. The summed E-state index contributed by atoms with van der Waals surface area (Å²) in [5, 5.41) is 2.15. The van der Waals surface area contributed by atoms with Crippen LogP contribution in [0.4, 0.5) is 0 Å². The lowest BCUT2D eigenvalue weighted by molar-refractivity contribution is 0.620. The van der Waals surface area contributed by atoms with E-state index in [4.69, 9.17) is 24.4 Å². The van der Waals surface area contributed by atoms with Crippen LogP contribution in [0.25, 0.3) is 89.7 Å². The Morgan fingerprint density at radius 2 is 0.796 bits per heavy atom. The number of hydrogen-bond acceptors (Lipinski definition) is 5. The Morgan fingerprint density at radius 1 is 0.327 bits per heavy atom. The Labute approximate surface area is 283 Å². The first-order valence-corrected chi connectivity index (χ1v) is 16.2. The third-order valence-electron chi connectivity index (χ3n) is 8.80. The molecule has 7 aromatic carbocycles. The molecule has 0 amide bonds. The molecule has 0 fully saturated rings. The summed E-state index contributed by atoms with van der Waals surface area (Å²) < 4.78 is 6.10. The summed E-state index contributed by atoms with van der Waals surface area (Å²) in [5.41, 5.74) is 9.79. The van der Waals surface area contributed by atoms with Crippen molar-refractivity contribution in [1.82, 2.24) is 19.9 Å². The van der Waals surface area contributed by atoms with Crippen molar-refractivity contribution in [3.05, 3.63) is 170 Å². The second-order valence-corrected chi connectivity index (χ2v) is 11.9. The van der Waals surface area contributed by atoms with E-state index in [2.05, 4.69) is 97.1 Å². The average molecular weight is 629 g/mol. The molecular weight excluding hydrogens is 601 g/mol. The Bertz CT molecular complexity index is 2580. The fourth-order valence-electron chi connectivity index (χ4n) is 6.33. The predicted molar refractivity (Wildman–Crippen MR) is 198 cm³/mol. The van der Waals surface area contributed by atoms with Crippen molar-refractivity contribution < 1.29 is 4.42 Å². The summed E-state index contributed by atoms with van der Waals surface area (Å²) in [7, 11) is 0. The van der Waals surface area contributed by atoms with E-state index in [0.717, 1.165) is 60.8 Å². The quantitative estimate of drug-likeness (QED) is 0.183. The van der Waals surface area contributed by atoms with E-state index in [1.165, 1.54) is 5.56 Å². The Kier molecular flexibility index (Phi) is 7.06. The highest BCUT2D eigenvalue weighted by Crippen LogP contribution is 2.37. The number of oxazole rings is 1. The smallest absolute Gasteiger partial charge is 0.227 e. The summed E-state index contributed by atoms with van der Waals surface area (Å²) in [6.07, 6.45) is 0. The molecule has 0 aliphatic heterocycles. The predicted octanol–water partition coefficient (Wildman–Crippen LogP) is 11.2. The molecule has 0 N–H and O–H groups in total. The fourth-order valence-corrected chi connectivity index (χ4v) is 6.33. The van der Waals surface area contributed by atoms with Crippen LogP contribution in [0.15, 0.2) is 174 Å². The van der Waals surface area contributed by atoms with Gasteiger partial charge in [-0.1, -0.05) is 140 Å². The topological polar surface area (TPSA) is 64.7 Å². The largest absolute Gasteiger partial charge is 0.436 e. The zero-order valence-corrected chi connectivity index (χ0v) is 26.4. The van der Waals surface area contributed by atoms with Crippen LogP contribution in [0.3, 0.4) is 0 Å². The highest BCUT2D eigenvalue weighted by Gasteiger charge is 2.17. The number of hydrogen-bond donors (Lipinski definition) is 0. The molecular formula is C44H28N4O. The minimum absolute atomic E-state index is 0.613. The molecule has 2 heterocycles. The average Bonchev–Trinajstić information content (AvgIpc) is 3.62. The monoisotopic (exact) mass is 628 g/mol. The van der Waals surface area contributed by atoms with Crippen molar-refractivity contribution in [2.45, 2.75) is 0 Å². The Balaban J connectivity index is 1.16. The lowest BCUT2D eigenvalue weighted by Gasteiger charge is -2.13. The lowest BCUT2D eigenvalue weighted by Crippen LogP contribution is -2.00. The molecule has 9 rings (SSSR count). The first-order chi connectivity index (χ1) is 24.3. The molecule has 5 nitrogen and oxygen atoms in total. The van der Waals surface area contributed by atoms with Crippen LogP contribution in [0, 0.1) is 0 Å². The first kappa shape index (κ1) is 28.5. The number of nitrogens with zero attached hydrogens (tertiary/aromatic N) is 4. The molecule has 0 spiro atoms. The molecule has 0 saturated carbocycles. The number of rotatable bonds is 6. The molecule has 0 saturated heterocycles. The SMILES string of the molecule is c1ccc(-c2ccc(-c3nc(-c4ccccc4)nc(-c4ccc(-c5ccc6oc(-c7ccccc7)nc6c5)c5ccccc45)n3)cc2)cc1. The maximum absolute atomic E-state index is 6.10. The molecule has 0 unspecified atom stereocenters. The third-order valence-corrected chi connectivity index (χ3v) is 8.80. The fraction of sp³-hybridized carbons (Fsp3) is 0. The Morgan fingerprint density at radius 3 is 1.47 bits per heavy atom. The standard InChI is InChI=1S/C44H28N4O/c1-4-12-29(13-5-1)30-20-22-32(23-21-30)42-46-41(31-14-6-2-7-15-31)47-43(48-42)38-26-25-35(36-18-10-11-19-37(36)38)34-24-27-40-39(28-34)45-44(49-40)33-16-8-3-9-17-33/h1-28H. The molecule has 2 aromatic heterocycles. The van der Waals surface area contributed by atoms with E-state index in [1.807, 2.05) is 72.8 Å². The van der Waals surface area contributed by atoms with Crippen molar-refractivity contribution in [2.75, 3.05) is 0 Å². The van der Waals surface area contributed by atoms with E-state index in [0.29, 0.717) is 23.4 Å². The summed E-state index contributed by atoms with van der Waals surface area (Å²) in [6, 6.07) is 57.7. The van der Waals surface area contributed by atoms with Gasteiger partial charge in [0.05, 0.1) is 0 Å². The van der Waals surface area contributed by atoms with Crippen LogP contribution in [-0.2, 0) is 0 Å². The van der Waals surface area contributed by atoms with Gasteiger partial charge in [-0.25, -0.2) is 19.9 Å². The van der Waals surface area contributed by atoms with Crippen molar-refractivity contribution in [2.24, 2.45) is 0 Å². The van der Waals surface area contributed by atoms with E-state index >= 15 is 0 Å². The highest BCUT2D eigenvalue weighted by molar-refractivity contribution is 6.05. The third kappa shape index (κ3) is 5.43. The van der Waals surface area contributed by atoms with Crippen molar-refractivity contribution in [1.29, 1.82) is 0 Å². The van der Waals surface area contributed by atoms with Gasteiger partial charge in [0, 0.05) is 22.3 Å². The maximum Gasteiger partial charge on any atom is 0.227 e. The van der Waals surface area contributed by atoms with Gasteiger partial charge in [-0.15, -0.1) is 0 Å². The van der Waals surface area contributed by atoms with Gasteiger partial charge >= 0.3 is 0 Å². The summed E-state index contributed by atoms with van der Waals surface area (Å²) in [6.45, 7) is 0. The molecule has 0 radical (unpaired) electrons. The van der Waals surface area contributed by atoms with Crippen LogP contribution in [-0.4, -0.2) is 19.9 Å². The van der Waals surface area contributed by atoms with E-state index in [1.54, 1.807) is 0 Å². The molecule has 9 aromatic rings. The molecule has 0 atom stereocenters. The zero-order valence-electron chi connectivity index (χ0n) is 26.4.